The van der Waals surface area contributed by atoms with E-state index in [0.29, 0.717) is 0 Å². The maximum Gasteiger partial charge on any atom is 0.0676 e. The van der Waals surface area contributed by atoms with Crippen LogP contribution in [0.1, 0.15) is 45.2 Å². The molecule has 0 unspecified atom stereocenters. The number of aromatic nitrogens is 4. The smallest absolute Gasteiger partial charge is 0.0676 e. The molecule has 4 N–H and O–H groups in total. The lowest BCUT2D eigenvalue weighted by Gasteiger charge is -2.26. The Morgan fingerprint density at radius 1 is 0.260 bits per heavy atom. The molecular formula is C46H32N4. The molecule has 0 amide bonds. The lowest BCUT2D eigenvalue weighted by Crippen LogP contribution is -2.11. The Bertz CT molecular complexity index is 2520. The van der Waals surface area contributed by atoms with Gasteiger partial charge in [-0.3, -0.25) is 0 Å². The summed E-state index contributed by atoms with van der Waals surface area (Å²) in [7, 11) is 0. The molecule has 0 radical (unpaired) electrons. The Labute approximate surface area is 288 Å². The minimum Gasteiger partial charge on any atom is -0.353 e. The summed E-state index contributed by atoms with van der Waals surface area (Å²) in [6, 6.07) is 57.3. The van der Waals surface area contributed by atoms with Crippen LogP contribution in [0.2, 0.25) is 0 Å². The highest BCUT2D eigenvalue weighted by molar-refractivity contribution is 6.04. The van der Waals surface area contributed by atoms with Crippen molar-refractivity contribution < 1.29 is 0 Å². The zero-order valence-electron chi connectivity index (χ0n) is 27.2. The maximum atomic E-state index is 4.00. The molecule has 4 nitrogen and oxygen atoms in total. The van der Waals surface area contributed by atoms with Crippen molar-refractivity contribution in [3.63, 3.8) is 0 Å². The second kappa shape index (κ2) is 10.5. The first-order chi connectivity index (χ1) is 24.8. The molecule has 0 bridgehead atoms. The largest absolute Gasteiger partial charge is 0.353 e. The van der Waals surface area contributed by atoms with E-state index in [2.05, 4.69) is 178 Å². The fourth-order valence-corrected chi connectivity index (χ4v) is 8.89. The van der Waals surface area contributed by atoms with Crippen LogP contribution in [0.25, 0.3) is 66.4 Å². The number of hydrogen-bond acceptors (Lipinski definition) is 0. The van der Waals surface area contributed by atoms with Crippen molar-refractivity contribution in [1.29, 1.82) is 0 Å². The van der Waals surface area contributed by atoms with Crippen molar-refractivity contribution in [2.24, 2.45) is 0 Å². The van der Waals surface area contributed by atoms with Crippen LogP contribution in [-0.4, -0.2) is 19.9 Å². The summed E-state index contributed by atoms with van der Waals surface area (Å²) in [5.41, 5.74) is 16.6. The Hall–Kier alpha value is -6.52. The summed E-state index contributed by atoms with van der Waals surface area (Å²) in [4.78, 5) is 16.0. The third-order valence-corrected chi connectivity index (χ3v) is 10.9. The van der Waals surface area contributed by atoms with Gasteiger partial charge < -0.3 is 19.9 Å². The van der Waals surface area contributed by atoms with Gasteiger partial charge in [-0.05, 0) is 57.6 Å². The highest BCUT2D eigenvalue weighted by Gasteiger charge is 2.37. The maximum absolute atomic E-state index is 4.00. The number of H-pyrrole nitrogens is 4. The third kappa shape index (κ3) is 3.81. The van der Waals surface area contributed by atoms with E-state index in [1.54, 1.807) is 0 Å². The molecule has 4 aromatic heterocycles. The van der Waals surface area contributed by atoms with Gasteiger partial charge in [0.1, 0.15) is 0 Å². The van der Waals surface area contributed by atoms with E-state index in [1.165, 1.54) is 54.9 Å². The molecule has 0 atom stereocenters. The molecule has 0 spiro atoms. The molecule has 50 heavy (non-hydrogen) atoms. The Morgan fingerprint density at radius 3 is 0.780 bits per heavy atom. The average molecular weight is 641 g/mol. The van der Waals surface area contributed by atoms with Crippen LogP contribution >= 0.6 is 0 Å². The van der Waals surface area contributed by atoms with Crippen molar-refractivity contribution >= 4 is 43.6 Å². The highest BCUT2D eigenvalue weighted by Crippen LogP contribution is 2.54. The number of benzene rings is 6. The molecule has 1 aliphatic rings. The van der Waals surface area contributed by atoms with Gasteiger partial charge in [0.2, 0.25) is 0 Å². The van der Waals surface area contributed by atoms with Gasteiger partial charge in [0.05, 0.1) is 22.8 Å². The van der Waals surface area contributed by atoms with Crippen molar-refractivity contribution in [3.8, 4) is 22.8 Å². The first kappa shape index (κ1) is 27.4. The summed E-state index contributed by atoms with van der Waals surface area (Å²) >= 11 is 0. The van der Waals surface area contributed by atoms with Gasteiger partial charge in [0.25, 0.3) is 0 Å². The quantitative estimate of drug-likeness (QED) is 0.145. The Morgan fingerprint density at radius 2 is 0.500 bits per heavy atom. The standard InChI is InChI=1S/C46H32N4/c1-3-15-27(16-4-1)37-39-29-19-7-11-23-33(29)47-43(39)45-41(31-21-9-13-25-35(31)49-45)38(28-17-5-2-6-18-28)42-32-22-10-14-26-36(32)50-46(42)44-40(37)30-20-8-12-24-34(30)48-44/h1-26,37-38,47-50H. The van der Waals surface area contributed by atoms with E-state index in [1.807, 2.05) is 0 Å². The molecular weight excluding hydrogens is 609 g/mol. The van der Waals surface area contributed by atoms with Crippen LogP contribution in [0.3, 0.4) is 0 Å². The second-order valence-electron chi connectivity index (χ2n) is 13.5. The highest BCUT2D eigenvalue weighted by atomic mass is 14.8. The van der Waals surface area contributed by atoms with E-state index < -0.39 is 0 Å². The number of fused-ring (bicyclic) bond motifs is 14. The van der Waals surface area contributed by atoms with E-state index in [4.69, 9.17) is 0 Å². The first-order valence-corrected chi connectivity index (χ1v) is 17.4. The van der Waals surface area contributed by atoms with Crippen molar-refractivity contribution in [2.75, 3.05) is 0 Å². The SMILES string of the molecule is c1ccc(C2c3c([nH]c4ccccc34)-c3[nH]c4ccccc4c3C(c3ccccc3)c3c([nH]c4ccccc34)-c3[nH]c4ccccc4c32)cc1. The van der Waals surface area contributed by atoms with Crippen LogP contribution < -0.4 is 0 Å². The monoisotopic (exact) mass is 640 g/mol. The molecule has 0 saturated heterocycles. The third-order valence-electron chi connectivity index (χ3n) is 10.9. The average Bonchev–Trinajstić information content (AvgIpc) is 3.94. The van der Waals surface area contributed by atoms with Crippen molar-refractivity contribution in [2.45, 2.75) is 11.8 Å². The van der Waals surface area contributed by atoms with Gasteiger partial charge in [-0.25, -0.2) is 0 Å². The molecule has 1 aliphatic carbocycles. The van der Waals surface area contributed by atoms with E-state index in [0.717, 1.165) is 44.8 Å². The van der Waals surface area contributed by atoms with Gasteiger partial charge in [-0.15, -0.1) is 0 Å². The first-order valence-electron chi connectivity index (χ1n) is 17.4. The summed E-state index contributed by atoms with van der Waals surface area (Å²) in [6.45, 7) is 0. The number of nitrogens with one attached hydrogen (secondary N) is 4. The molecule has 0 fully saturated rings. The van der Waals surface area contributed by atoms with Gasteiger partial charge in [-0.2, -0.15) is 0 Å². The molecule has 4 heteroatoms. The molecule has 10 aromatic rings. The summed E-state index contributed by atoms with van der Waals surface area (Å²) < 4.78 is 0. The van der Waals surface area contributed by atoms with Crippen LogP contribution in [0.5, 0.6) is 0 Å². The second-order valence-corrected chi connectivity index (χ2v) is 13.5. The van der Waals surface area contributed by atoms with Crippen LogP contribution in [-0.2, 0) is 0 Å². The normalized spacial score (nSPS) is 15.6. The molecule has 236 valence electrons. The zero-order valence-corrected chi connectivity index (χ0v) is 27.2. The van der Waals surface area contributed by atoms with E-state index in [-0.39, 0.29) is 11.8 Å². The summed E-state index contributed by atoms with van der Waals surface area (Å²) in [5, 5.41) is 4.91. The summed E-state index contributed by atoms with van der Waals surface area (Å²) in [5.74, 6) is -0.166. The predicted octanol–water partition coefficient (Wildman–Crippen LogP) is 11.6. The zero-order chi connectivity index (χ0) is 32.8. The fraction of sp³-hybridized carbons (Fsp3) is 0.0435. The molecule has 0 saturated carbocycles. The van der Waals surface area contributed by atoms with Gasteiger partial charge >= 0.3 is 0 Å². The predicted molar refractivity (Wildman–Crippen MR) is 206 cm³/mol. The molecule has 6 aromatic carbocycles. The number of para-hydroxylation sites is 4. The van der Waals surface area contributed by atoms with Crippen LogP contribution in [0, 0.1) is 0 Å². The lowest BCUT2D eigenvalue weighted by atomic mass is 9.76. The molecule has 0 aliphatic heterocycles. The topological polar surface area (TPSA) is 63.2 Å². The minimum atomic E-state index is -0.0831. The van der Waals surface area contributed by atoms with Gasteiger partial charge in [-0.1, -0.05) is 133 Å². The minimum absolute atomic E-state index is 0.0831. The van der Waals surface area contributed by atoms with Crippen molar-refractivity contribution in [3.05, 3.63) is 191 Å². The van der Waals surface area contributed by atoms with Gasteiger partial charge in [0, 0.05) is 55.4 Å². The fourth-order valence-electron chi connectivity index (χ4n) is 8.89. The number of hydrogen-bond donors (Lipinski definition) is 4. The number of aromatic amines is 4. The van der Waals surface area contributed by atoms with E-state index in [9.17, 15) is 0 Å². The molecule has 11 rings (SSSR count). The van der Waals surface area contributed by atoms with Gasteiger partial charge in [0.15, 0.2) is 0 Å². The van der Waals surface area contributed by atoms with Crippen molar-refractivity contribution in [1.82, 2.24) is 19.9 Å². The molecule has 4 heterocycles. The van der Waals surface area contributed by atoms with Crippen LogP contribution in [0.15, 0.2) is 158 Å². The van der Waals surface area contributed by atoms with Crippen LogP contribution in [0.4, 0.5) is 0 Å². The summed E-state index contributed by atoms with van der Waals surface area (Å²) in [6.07, 6.45) is 0. The Kier molecular flexibility index (Phi) is 5.75. The Balaban J connectivity index is 1.42. The number of rotatable bonds is 2. The lowest BCUT2D eigenvalue weighted by molar-refractivity contribution is 0.967. The van der Waals surface area contributed by atoms with E-state index >= 15 is 0 Å².